The van der Waals surface area contributed by atoms with E-state index in [0.29, 0.717) is 5.88 Å². The summed E-state index contributed by atoms with van der Waals surface area (Å²) in [7, 11) is 0. The summed E-state index contributed by atoms with van der Waals surface area (Å²) in [6.45, 7) is 1.11. The third kappa shape index (κ3) is 2.30. The van der Waals surface area contributed by atoms with Crippen molar-refractivity contribution in [1.82, 2.24) is 9.55 Å². The highest BCUT2D eigenvalue weighted by Gasteiger charge is 2.14. The molecule has 0 unspecified atom stereocenters. The molecule has 0 aromatic carbocycles. The predicted octanol–water partition coefficient (Wildman–Crippen LogP) is 3.20. The van der Waals surface area contributed by atoms with Crippen molar-refractivity contribution in [1.29, 1.82) is 0 Å². The molecule has 14 heavy (non-hydrogen) atoms. The maximum atomic E-state index is 5.81. The first kappa shape index (κ1) is 10.0. The maximum absolute atomic E-state index is 5.81. The van der Waals surface area contributed by atoms with E-state index in [-0.39, 0.29) is 0 Å². The molecule has 1 fully saturated rings. The first-order valence-corrected chi connectivity index (χ1v) is 5.99. The number of aromatic nitrogens is 2. The van der Waals surface area contributed by atoms with Crippen LogP contribution in [0.2, 0.25) is 0 Å². The average molecular weight is 213 g/mol. The van der Waals surface area contributed by atoms with Gasteiger partial charge in [-0.3, -0.25) is 0 Å². The van der Waals surface area contributed by atoms with Crippen LogP contribution in [0.15, 0.2) is 12.4 Å². The van der Waals surface area contributed by atoms with Crippen molar-refractivity contribution >= 4 is 11.6 Å². The second kappa shape index (κ2) is 4.83. The van der Waals surface area contributed by atoms with Gasteiger partial charge in [-0.15, -0.1) is 11.6 Å². The molecule has 0 N–H and O–H groups in total. The topological polar surface area (TPSA) is 17.8 Å². The van der Waals surface area contributed by atoms with E-state index in [1.807, 2.05) is 12.4 Å². The Morgan fingerprint density at radius 2 is 2.14 bits per heavy atom. The average Bonchev–Trinajstić information content (AvgIpc) is 2.67. The molecule has 0 atom stereocenters. The van der Waals surface area contributed by atoms with Crippen molar-refractivity contribution in [3.63, 3.8) is 0 Å². The molecule has 1 aromatic rings. The third-order valence-corrected chi connectivity index (χ3v) is 3.34. The fraction of sp³-hybridized carbons (Fsp3) is 0.727. The molecule has 1 aromatic heterocycles. The second-order valence-corrected chi connectivity index (χ2v) is 4.40. The summed E-state index contributed by atoms with van der Waals surface area (Å²) in [4.78, 5) is 4.23. The Hall–Kier alpha value is -0.500. The van der Waals surface area contributed by atoms with E-state index in [1.54, 1.807) is 0 Å². The molecule has 0 radical (unpaired) electrons. The van der Waals surface area contributed by atoms with E-state index in [1.165, 1.54) is 32.1 Å². The van der Waals surface area contributed by atoms with E-state index in [0.717, 1.165) is 18.3 Å². The maximum Gasteiger partial charge on any atom is 0.123 e. The van der Waals surface area contributed by atoms with E-state index in [2.05, 4.69) is 9.55 Å². The van der Waals surface area contributed by atoms with E-state index >= 15 is 0 Å². The molecular weight excluding hydrogens is 196 g/mol. The zero-order chi connectivity index (χ0) is 9.80. The number of halogens is 1. The Balaban J connectivity index is 1.95. The summed E-state index contributed by atoms with van der Waals surface area (Å²) < 4.78 is 2.21. The lowest BCUT2D eigenvalue weighted by atomic mass is 9.89. The number of rotatable bonds is 3. The van der Waals surface area contributed by atoms with E-state index in [9.17, 15) is 0 Å². The molecule has 1 aliphatic carbocycles. The molecule has 0 bridgehead atoms. The van der Waals surface area contributed by atoms with Crippen LogP contribution in [0.5, 0.6) is 0 Å². The van der Waals surface area contributed by atoms with Gasteiger partial charge < -0.3 is 4.57 Å². The molecule has 3 heteroatoms. The molecule has 0 amide bonds. The van der Waals surface area contributed by atoms with Gasteiger partial charge in [-0.25, -0.2) is 4.98 Å². The van der Waals surface area contributed by atoms with Gasteiger partial charge >= 0.3 is 0 Å². The summed E-state index contributed by atoms with van der Waals surface area (Å²) in [5, 5.41) is 0. The van der Waals surface area contributed by atoms with Gasteiger partial charge in [-0.2, -0.15) is 0 Å². The highest BCUT2D eigenvalue weighted by atomic mass is 35.5. The van der Waals surface area contributed by atoms with Crippen LogP contribution < -0.4 is 0 Å². The summed E-state index contributed by atoms with van der Waals surface area (Å²) in [6, 6.07) is 0. The smallest absolute Gasteiger partial charge is 0.123 e. The lowest BCUT2D eigenvalue weighted by molar-refractivity contribution is 0.317. The third-order valence-electron chi connectivity index (χ3n) is 3.10. The Labute approximate surface area is 90.3 Å². The number of alkyl halides is 1. The van der Waals surface area contributed by atoms with Gasteiger partial charge in [0.2, 0.25) is 0 Å². The van der Waals surface area contributed by atoms with Crippen LogP contribution >= 0.6 is 11.6 Å². The minimum absolute atomic E-state index is 0.528. The SMILES string of the molecule is ClCc1nccn1CC1CCCCC1. The molecule has 1 saturated carbocycles. The van der Waals surface area contributed by atoms with Crippen LogP contribution in [0.25, 0.3) is 0 Å². The fourth-order valence-corrected chi connectivity index (χ4v) is 2.51. The van der Waals surface area contributed by atoms with Crippen molar-refractivity contribution in [2.45, 2.75) is 44.5 Å². The number of imidazole rings is 1. The highest BCUT2D eigenvalue weighted by Crippen LogP contribution is 2.25. The van der Waals surface area contributed by atoms with Crippen LogP contribution in [0.4, 0.5) is 0 Å². The lowest BCUT2D eigenvalue weighted by Gasteiger charge is -2.22. The summed E-state index contributed by atoms with van der Waals surface area (Å²) in [5.41, 5.74) is 0. The van der Waals surface area contributed by atoms with Crippen molar-refractivity contribution in [3.8, 4) is 0 Å². The first-order chi connectivity index (χ1) is 6.90. The van der Waals surface area contributed by atoms with Crippen molar-refractivity contribution in [2.24, 2.45) is 5.92 Å². The van der Waals surface area contributed by atoms with Crippen LogP contribution in [0.3, 0.4) is 0 Å². The van der Waals surface area contributed by atoms with E-state index in [4.69, 9.17) is 11.6 Å². The van der Waals surface area contributed by atoms with Crippen LogP contribution in [0.1, 0.15) is 37.9 Å². The molecule has 1 heterocycles. The molecule has 0 aliphatic heterocycles. The summed E-state index contributed by atoms with van der Waals surface area (Å²) >= 11 is 5.81. The second-order valence-electron chi connectivity index (χ2n) is 4.13. The Morgan fingerprint density at radius 3 is 2.86 bits per heavy atom. The van der Waals surface area contributed by atoms with Crippen LogP contribution in [-0.2, 0) is 12.4 Å². The minimum atomic E-state index is 0.528. The quantitative estimate of drug-likeness (QED) is 0.704. The van der Waals surface area contributed by atoms with Gasteiger partial charge in [0.15, 0.2) is 0 Å². The number of nitrogens with zero attached hydrogens (tertiary/aromatic N) is 2. The monoisotopic (exact) mass is 212 g/mol. The Kier molecular flexibility index (Phi) is 3.46. The lowest BCUT2D eigenvalue weighted by Crippen LogP contribution is -2.15. The van der Waals surface area contributed by atoms with Gasteiger partial charge in [-0.05, 0) is 18.8 Å². The Bertz CT molecular complexity index is 277. The van der Waals surface area contributed by atoms with Gasteiger partial charge in [-0.1, -0.05) is 19.3 Å². The zero-order valence-electron chi connectivity index (χ0n) is 8.45. The normalized spacial score (nSPS) is 18.6. The number of hydrogen-bond donors (Lipinski definition) is 0. The minimum Gasteiger partial charge on any atom is -0.334 e. The largest absolute Gasteiger partial charge is 0.334 e. The van der Waals surface area contributed by atoms with Crippen molar-refractivity contribution in [2.75, 3.05) is 0 Å². The molecular formula is C11H17ClN2. The van der Waals surface area contributed by atoms with Gasteiger partial charge in [0.1, 0.15) is 5.82 Å². The van der Waals surface area contributed by atoms with Crippen LogP contribution in [0, 0.1) is 5.92 Å². The molecule has 2 nitrogen and oxygen atoms in total. The zero-order valence-corrected chi connectivity index (χ0v) is 9.21. The van der Waals surface area contributed by atoms with Crippen LogP contribution in [-0.4, -0.2) is 9.55 Å². The highest BCUT2D eigenvalue weighted by molar-refractivity contribution is 6.16. The van der Waals surface area contributed by atoms with Crippen molar-refractivity contribution < 1.29 is 0 Å². The fourth-order valence-electron chi connectivity index (χ4n) is 2.29. The van der Waals surface area contributed by atoms with Gasteiger partial charge in [0, 0.05) is 18.9 Å². The standard InChI is InChI=1S/C11H17ClN2/c12-8-11-13-6-7-14(11)9-10-4-2-1-3-5-10/h6-7,10H,1-5,8-9H2. The molecule has 1 aliphatic rings. The predicted molar refractivity (Wildman–Crippen MR) is 58.4 cm³/mol. The molecule has 78 valence electrons. The molecule has 0 spiro atoms. The number of hydrogen-bond acceptors (Lipinski definition) is 1. The Morgan fingerprint density at radius 1 is 1.36 bits per heavy atom. The molecule has 0 saturated heterocycles. The van der Waals surface area contributed by atoms with Gasteiger partial charge in [0.25, 0.3) is 0 Å². The molecule has 2 rings (SSSR count). The van der Waals surface area contributed by atoms with E-state index < -0.39 is 0 Å². The summed E-state index contributed by atoms with van der Waals surface area (Å²) in [6.07, 6.45) is 10.9. The summed E-state index contributed by atoms with van der Waals surface area (Å²) in [5.74, 6) is 2.39. The van der Waals surface area contributed by atoms with Gasteiger partial charge in [0.05, 0.1) is 5.88 Å². The van der Waals surface area contributed by atoms with Crippen molar-refractivity contribution in [3.05, 3.63) is 18.2 Å². The first-order valence-electron chi connectivity index (χ1n) is 5.46.